The number of hydrogen-bond acceptors (Lipinski definition) is 6. The van der Waals surface area contributed by atoms with E-state index in [-0.39, 0.29) is 6.04 Å². The summed E-state index contributed by atoms with van der Waals surface area (Å²) in [4.78, 5) is 0. The Balaban J connectivity index is 1.46. The van der Waals surface area contributed by atoms with Gasteiger partial charge in [-0.1, -0.05) is 53.3 Å². The highest BCUT2D eigenvalue weighted by Gasteiger charge is 2.19. The fourth-order valence-corrected chi connectivity index (χ4v) is 3.89. The topological polar surface area (TPSA) is 73.5 Å². The van der Waals surface area contributed by atoms with Crippen LogP contribution in [0.1, 0.15) is 34.9 Å². The zero-order valence-electron chi connectivity index (χ0n) is 15.8. The first-order valence-electron chi connectivity index (χ1n) is 8.90. The van der Waals surface area contributed by atoms with Gasteiger partial charge in [-0.25, -0.2) is 0 Å². The minimum atomic E-state index is -0.0464. The minimum Gasteiger partial charge on any atom is -0.313 e. The summed E-state index contributed by atoms with van der Waals surface area (Å²) in [5.41, 5.74) is 2.95. The Labute approximate surface area is 172 Å². The van der Waals surface area contributed by atoms with Crippen molar-refractivity contribution in [1.82, 2.24) is 29.8 Å². The molecule has 4 rings (SSSR count). The number of anilines is 2. The van der Waals surface area contributed by atoms with Gasteiger partial charge in [0.1, 0.15) is 11.0 Å². The lowest BCUT2D eigenvalue weighted by Gasteiger charge is -2.10. The van der Waals surface area contributed by atoms with Crippen LogP contribution in [0.5, 0.6) is 0 Å². The molecule has 1 aromatic carbocycles. The van der Waals surface area contributed by atoms with Gasteiger partial charge in [0.05, 0.1) is 23.0 Å². The van der Waals surface area contributed by atoms with E-state index in [0.717, 1.165) is 28.8 Å². The summed E-state index contributed by atoms with van der Waals surface area (Å²) in [6, 6.07) is 12.1. The SMILES string of the molecule is Cc1nn([C@@H](C)c2nnc(Nc3ccn(Cc4ccccc4)n3)s2)c(C)c1Cl. The van der Waals surface area contributed by atoms with Gasteiger partial charge in [0, 0.05) is 12.3 Å². The molecule has 0 saturated heterocycles. The highest BCUT2D eigenvalue weighted by atomic mass is 35.5. The fourth-order valence-electron chi connectivity index (χ4n) is 2.97. The number of benzene rings is 1. The second kappa shape index (κ2) is 7.73. The molecular formula is C19H20ClN7S. The summed E-state index contributed by atoms with van der Waals surface area (Å²) in [5.74, 6) is 0.737. The third-order valence-corrected chi connectivity index (χ3v) is 6.02. The van der Waals surface area contributed by atoms with Crippen LogP contribution in [0.3, 0.4) is 0 Å². The summed E-state index contributed by atoms with van der Waals surface area (Å²) in [6.07, 6.45) is 1.94. The molecule has 0 aliphatic rings. The number of nitrogens with zero attached hydrogens (tertiary/aromatic N) is 6. The molecular weight excluding hydrogens is 394 g/mol. The van der Waals surface area contributed by atoms with E-state index in [1.165, 1.54) is 16.9 Å². The number of aryl methyl sites for hydroxylation is 1. The smallest absolute Gasteiger partial charge is 0.211 e. The first kappa shape index (κ1) is 18.6. The van der Waals surface area contributed by atoms with Crippen molar-refractivity contribution in [2.24, 2.45) is 0 Å². The Hall–Kier alpha value is -2.71. The van der Waals surface area contributed by atoms with Gasteiger partial charge < -0.3 is 5.32 Å². The Morgan fingerprint density at radius 1 is 1.11 bits per heavy atom. The van der Waals surface area contributed by atoms with Crippen molar-refractivity contribution in [3.63, 3.8) is 0 Å². The van der Waals surface area contributed by atoms with Crippen molar-refractivity contribution in [2.75, 3.05) is 5.32 Å². The summed E-state index contributed by atoms with van der Waals surface area (Å²) in [7, 11) is 0. The molecule has 0 fully saturated rings. The van der Waals surface area contributed by atoms with Crippen molar-refractivity contribution >= 4 is 33.9 Å². The van der Waals surface area contributed by atoms with Gasteiger partial charge in [-0.2, -0.15) is 10.2 Å². The number of aromatic nitrogens is 6. The van der Waals surface area contributed by atoms with Gasteiger partial charge in [0.2, 0.25) is 5.13 Å². The van der Waals surface area contributed by atoms with E-state index in [9.17, 15) is 0 Å². The molecule has 4 aromatic rings. The van der Waals surface area contributed by atoms with E-state index in [0.29, 0.717) is 10.2 Å². The normalized spacial score (nSPS) is 12.3. The molecule has 3 heterocycles. The quantitative estimate of drug-likeness (QED) is 0.500. The number of hydrogen-bond donors (Lipinski definition) is 1. The van der Waals surface area contributed by atoms with Crippen LogP contribution in [0.15, 0.2) is 42.6 Å². The second-order valence-corrected chi connectivity index (χ2v) is 7.95. The lowest BCUT2D eigenvalue weighted by Crippen LogP contribution is -2.10. The molecule has 0 unspecified atom stereocenters. The zero-order valence-corrected chi connectivity index (χ0v) is 17.4. The molecule has 0 aliphatic heterocycles. The van der Waals surface area contributed by atoms with Crippen molar-refractivity contribution in [1.29, 1.82) is 0 Å². The molecule has 0 saturated carbocycles. The Bertz CT molecular complexity index is 1080. The molecule has 0 spiro atoms. The van der Waals surface area contributed by atoms with Crippen molar-refractivity contribution in [2.45, 2.75) is 33.4 Å². The maximum Gasteiger partial charge on any atom is 0.211 e. The number of nitrogens with one attached hydrogen (secondary N) is 1. The maximum absolute atomic E-state index is 6.26. The second-order valence-electron chi connectivity index (χ2n) is 6.56. The first-order chi connectivity index (χ1) is 13.5. The van der Waals surface area contributed by atoms with Crippen LogP contribution in [0.2, 0.25) is 5.02 Å². The molecule has 1 atom stereocenters. The van der Waals surface area contributed by atoms with Gasteiger partial charge in [-0.05, 0) is 26.3 Å². The van der Waals surface area contributed by atoms with Crippen LogP contribution >= 0.6 is 22.9 Å². The van der Waals surface area contributed by atoms with Crippen LogP contribution in [0, 0.1) is 13.8 Å². The fraction of sp³-hybridized carbons (Fsp3) is 0.263. The summed E-state index contributed by atoms with van der Waals surface area (Å²) in [5, 5.41) is 23.1. The molecule has 9 heteroatoms. The molecule has 0 amide bonds. The summed E-state index contributed by atoms with van der Waals surface area (Å²) < 4.78 is 3.77. The lowest BCUT2D eigenvalue weighted by molar-refractivity contribution is 0.540. The van der Waals surface area contributed by atoms with E-state index in [2.05, 4.69) is 37.8 Å². The van der Waals surface area contributed by atoms with Crippen LogP contribution in [0.4, 0.5) is 10.9 Å². The molecule has 1 N–H and O–H groups in total. The van der Waals surface area contributed by atoms with Gasteiger partial charge >= 0.3 is 0 Å². The number of rotatable bonds is 6. The summed E-state index contributed by atoms with van der Waals surface area (Å²) >= 11 is 7.75. The van der Waals surface area contributed by atoms with Gasteiger partial charge in [-0.15, -0.1) is 10.2 Å². The van der Waals surface area contributed by atoms with Gasteiger partial charge in [-0.3, -0.25) is 9.36 Å². The van der Waals surface area contributed by atoms with Crippen LogP contribution in [-0.2, 0) is 6.54 Å². The largest absolute Gasteiger partial charge is 0.313 e. The third-order valence-electron chi connectivity index (χ3n) is 4.46. The minimum absolute atomic E-state index is 0.0464. The van der Waals surface area contributed by atoms with E-state index in [4.69, 9.17) is 11.6 Å². The Morgan fingerprint density at radius 2 is 1.89 bits per heavy atom. The molecule has 0 radical (unpaired) electrons. The molecule has 144 valence electrons. The van der Waals surface area contributed by atoms with Gasteiger partial charge in [0.25, 0.3) is 0 Å². The average Bonchev–Trinajstić information content (AvgIpc) is 3.40. The third kappa shape index (κ3) is 3.79. The molecule has 28 heavy (non-hydrogen) atoms. The standard InChI is InChI=1S/C19H20ClN7S/c1-12-17(20)13(2)27(24-12)14(3)18-22-23-19(28-18)21-16-9-10-26(25-16)11-15-7-5-4-6-8-15/h4-10,14H,11H2,1-3H3,(H,21,23,25)/t14-/m0/s1. The highest BCUT2D eigenvalue weighted by molar-refractivity contribution is 7.15. The van der Waals surface area contributed by atoms with E-state index < -0.39 is 0 Å². The van der Waals surface area contributed by atoms with Crippen molar-refractivity contribution < 1.29 is 0 Å². The predicted molar refractivity (Wildman–Crippen MR) is 111 cm³/mol. The van der Waals surface area contributed by atoms with E-state index in [1.54, 1.807) is 0 Å². The van der Waals surface area contributed by atoms with E-state index in [1.807, 2.05) is 60.6 Å². The van der Waals surface area contributed by atoms with Crippen molar-refractivity contribution in [3.05, 3.63) is 69.6 Å². The molecule has 0 aliphatic carbocycles. The maximum atomic E-state index is 6.26. The highest BCUT2D eigenvalue weighted by Crippen LogP contribution is 2.29. The first-order valence-corrected chi connectivity index (χ1v) is 10.1. The molecule has 7 nitrogen and oxygen atoms in total. The van der Waals surface area contributed by atoms with Crippen LogP contribution in [-0.4, -0.2) is 29.8 Å². The molecule has 0 bridgehead atoms. The average molecular weight is 414 g/mol. The monoisotopic (exact) mass is 413 g/mol. The summed E-state index contributed by atoms with van der Waals surface area (Å²) in [6.45, 7) is 6.62. The van der Waals surface area contributed by atoms with Crippen molar-refractivity contribution in [3.8, 4) is 0 Å². The molecule has 3 aromatic heterocycles. The zero-order chi connectivity index (χ0) is 19.7. The number of halogens is 1. The van der Waals surface area contributed by atoms with Crippen LogP contribution < -0.4 is 5.32 Å². The Kier molecular flexibility index (Phi) is 5.15. The van der Waals surface area contributed by atoms with E-state index >= 15 is 0 Å². The van der Waals surface area contributed by atoms with Crippen LogP contribution in [0.25, 0.3) is 0 Å². The Morgan fingerprint density at radius 3 is 2.61 bits per heavy atom. The van der Waals surface area contributed by atoms with Gasteiger partial charge in [0.15, 0.2) is 5.82 Å². The lowest BCUT2D eigenvalue weighted by atomic mass is 10.2. The predicted octanol–water partition coefficient (Wildman–Crippen LogP) is 4.60.